The standard InChI is InChI=1S/C20H33N3O2.HI/c1-4-21-20(23(2)15-18-12-14-25-16-18)22-13-6-5-7-17-8-10-19(24-3)11-9-17;/h8-11,18H,4-7,12-16H2,1-3H3,(H,21,22);1H. The molecule has 0 saturated carbocycles. The number of aryl methyl sites for hydroxylation is 1. The van der Waals surface area contributed by atoms with Crippen LogP contribution in [-0.2, 0) is 11.2 Å². The van der Waals surface area contributed by atoms with Gasteiger partial charge in [0.2, 0.25) is 0 Å². The number of hydrogen-bond donors (Lipinski definition) is 1. The zero-order chi connectivity index (χ0) is 17.9. The fourth-order valence-electron chi connectivity index (χ4n) is 3.09. The summed E-state index contributed by atoms with van der Waals surface area (Å²) in [6, 6.07) is 8.34. The third-order valence-corrected chi connectivity index (χ3v) is 4.55. The van der Waals surface area contributed by atoms with Crippen molar-refractivity contribution in [1.82, 2.24) is 10.2 Å². The molecule has 1 heterocycles. The SMILES string of the molecule is CCNC(=NCCCCc1ccc(OC)cc1)N(C)CC1CCOC1.I. The minimum absolute atomic E-state index is 0. The summed E-state index contributed by atoms with van der Waals surface area (Å²) in [7, 11) is 3.82. The molecule has 6 heteroatoms. The molecule has 5 nitrogen and oxygen atoms in total. The number of guanidine groups is 1. The molecule has 0 spiro atoms. The van der Waals surface area contributed by atoms with E-state index in [2.05, 4.69) is 36.3 Å². The van der Waals surface area contributed by atoms with E-state index >= 15 is 0 Å². The van der Waals surface area contributed by atoms with Gasteiger partial charge < -0.3 is 19.7 Å². The van der Waals surface area contributed by atoms with Crippen LogP contribution in [-0.4, -0.2) is 57.9 Å². The van der Waals surface area contributed by atoms with Gasteiger partial charge in [-0.15, -0.1) is 24.0 Å². The summed E-state index contributed by atoms with van der Waals surface area (Å²) >= 11 is 0. The van der Waals surface area contributed by atoms with Crippen LogP contribution in [0.3, 0.4) is 0 Å². The number of unbranched alkanes of at least 4 members (excludes halogenated alkanes) is 1. The van der Waals surface area contributed by atoms with E-state index in [0.717, 1.165) is 70.2 Å². The Hall–Kier alpha value is -1.02. The normalized spacial score (nSPS) is 16.9. The van der Waals surface area contributed by atoms with E-state index in [0.29, 0.717) is 5.92 Å². The molecule has 0 aliphatic carbocycles. The molecular weight excluding hydrogens is 441 g/mol. The van der Waals surface area contributed by atoms with Gasteiger partial charge in [0.1, 0.15) is 5.75 Å². The van der Waals surface area contributed by atoms with Crippen LogP contribution in [0.15, 0.2) is 29.3 Å². The third-order valence-electron chi connectivity index (χ3n) is 4.55. The molecule has 0 bridgehead atoms. The van der Waals surface area contributed by atoms with Crippen molar-refractivity contribution >= 4 is 29.9 Å². The molecule has 1 aliphatic rings. The van der Waals surface area contributed by atoms with Crippen LogP contribution in [0, 0.1) is 5.92 Å². The van der Waals surface area contributed by atoms with Gasteiger partial charge in [0.05, 0.1) is 13.7 Å². The number of halogens is 1. The molecule has 0 amide bonds. The number of hydrogen-bond acceptors (Lipinski definition) is 3. The second kappa shape index (κ2) is 13.2. The smallest absolute Gasteiger partial charge is 0.193 e. The average molecular weight is 475 g/mol. The Morgan fingerprint density at radius 1 is 1.31 bits per heavy atom. The molecule has 1 fully saturated rings. The number of nitrogens with one attached hydrogen (secondary N) is 1. The fourth-order valence-corrected chi connectivity index (χ4v) is 3.09. The number of benzene rings is 1. The van der Waals surface area contributed by atoms with Gasteiger partial charge in [0, 0.05) is 39.2 Å². The lowest BCUT2D eigenvalue weighted by Gasteiger charge is -2.24. The highest BCUT2D eigenvalue weighted by atomic mass is 127. The predicted octanol–water partition coefficient (Wildman–Crippen LogP) is 3.57. The van der Waals surface area contributed by atoms with E-state index in [-0.39, 0.29) is 24.0 Å². The zero-order valence-corrected chi connectivity index (χ0v) is 18.7. The van der Waals surface area contributed by atoms with Crippen LogP contribution in [0.25, 0.3) is 0 Å². The maximum Gasteiger partial charge on any atom is 0.193 e. The van der Waals surface area contributed by atoms with Crippen LogP contribution in [0.2, 0.25) is 0 Å². The number of rotatable bonds is 9. The number of methoxy groups -OCH3 is 1. The first-order chi connectivity index (χ1) is 12.2. The molecule has 148 valence electrons. The second-order valence-electron chi connectivity index (χ2n) is 6.65. The molecule has 2 rings (SSSR count). The van der Waals surface area contributed by atoms with Crippen molar-refractivity contribution in [2.75, 3.05) is 47.0 Å². The van der Waals surface area contributed by atoms with Gasteiger partial charge in [0.15, 0.2) is 5.96 Å². The van der Waals surface area contributed by atoms with E-state index in [4.69, 9.17) is 14.5 Å². The summed E-state index contributed by atoms with van der Waals surface area (Å²) in [5, 5.41) is 3.40. The fraction of sp³-hybridized carbons (Fsp3) is 0.650. The van der Waals surface area contributed by atoms with Crippen LogP contribution in [0.1, 0.15) is 31.7 Å². The van der Waals surface area contributed by atoms with Gasteiger partial charge in [-0.2, -0.15) is 0 Å². The van der Waals surface area contributed by atoms with E-state index < -0.39 is 0 Å². The molecule has 1 aromatic carbocycles. The van der Waals surface area contributed by atoms with E-state index in [1.165, 1.54) is 5.56 Å². The Morgan fingerprint density at radius 2 is 2.08 bits per heavy atom. The lowest BCUT2D eigenvalue weighted by Crippen LogP contribution is -2.41. The lowest BCUT2D eigenvalue weighted by atomic mass is 10.1. The van der Waals surface area contributed by atoms with Gasteiger partial charge in [-0.25, -0.2) is 0 Å². The van der Waals surface area contributed by atoms with Crippen molar-refractivity contribution in [3.8, 4) is 5.75 Å². The third kappa shape index (κ3) is 8.12. The Morgan fingerprint density at radius 3 is 2.69 bits per heavy atom. The number of nitrogens with zero attached hydrogens (tertiary/aromatic N) is 2. The molecular formula is C20H34IN3O2. The summed E-state index contributed by atoms with van der Waals surface area (Å²) in [5.74, 6) is 2.56. The molecule has 26 heavy (non-hydrogen) atoms. The van der Waals surface area contributed by atoms with Crippen LogP contribution >= 0.6 is 24.0 Å². The Labute approximate surface area is 175 Å². The summed E-state index contributed by atoms with van der Waals surface area (Å²) in [6.07, 6.45) is 4.49. The molecule has 0 radical (unpaired) electrons. The highest BCUT2D eigenvalue weighted by Gasteiger charge is 2.18. The van der Waals surface area contributed by atoms with Crippen molar-refractivity contribution < 1.29 is 9.47 Å². The lowest BCUT2D eigenvalue weighted by molar-refractivity contribution is 0.181. The van der Waals surface area contributed by atoms with Crippen LogP contribution in [0.4, 0.5) is 0 Å². The van der Waals surface area contributed by atoms with E-state index in [9.17, 15) is 0 Å². The quantitative estimate of drug-likeness (QED) is 0.257. The zero-order valence-electron chi connectivity index (χ0n) is 16.4. The Kier molecular flexibility index (Phi) is 11.7. The largest absolute Gasteiger partial charge is 0.497 e. The Balaban J connectivity index is 0.00000338. The summed E-state index contributed by atoms with van der Waals surface area (Å²) in [5.41, 5.74) is 1.36. The average Bonchev–Trinajstić information content (AvgIpc) is 3.14. The van der Waals surface area contributed by atoms with E-state index in [1.54, 1.807) is 7.11 Å². The first-order valence-corrected chi connectivity index (χ1v) is 9.43. The highest BCUT2D eigenvalue weighted by molar-refractivity contribution is 14.0. The van der Waals surface area contributed by atoms with Gasteiger partial charge >= 0.3 is 0 Å². The van der Waals surface area contributed by atoms with Crippen molar-refractivity contribution in [3.05, 3.63) is 29.8 Å². The van der Waals surface area contributed by atoms with Gasteiger partial charge in [-0.3, -0.25) is 4.99 Å². The number of ether oxygens (including phenoxy) is 2. The summed E-state index contributed by atoms with van der Waals surface area (Å²) < 4.78 is 10.7. The summed E-state index contributed by atoms with van der Waals surface area (Å²) in [6.45, 7) is 6.67. The minimum atomic E-state index is 0. The van der Waals surface area contributed by atoms with E-state index in [1.807, 2.05) is 12.1 Å². The monoisotopic (exact) mass is 475 g/mol. The van der Waals surface area contributed by atoms with Crippen molar-refractivity contribution in [2.24, 2.45) is 10.9 Å². The number of aliphatic imine (C=N–C) groups is 1. The molecule has 1 N–H and O–H groups in total. The topological polar surface area (TPSA) is 46.1 Å². The first-order valence-electron chi connectivity index (χ1n) is 9.43. The predicted molar refractivity (Wildman–Crippen MR) is 119 cm³/mol. The van der Waals surface area contributed by atoms with Crippen LogP contribution < -0.4 is 10.1 Å². The van der Waals surface area contributed by atoms with Crippen LogP contribution in [0.5, 0.6) is 5.75 Å². The second-order valence-corrected chi connectivity index (χ2v) is 6.65. The highest BCUT2D eigenvalue weighted by Crippen LogP contribution is 2.14. The first kappa shape index (κ1) is 23.0. The molecule has 1 aliphatic heterocycles. The maximum atomic E-state index is 5.47. The van der Waals surface area contributed by atoms with Gasteiger partial charge in [-0.1, -0.05) is 12.1 Å². The summed E-state index contributed by atoms with van der Waals surface area (Å²) in [4.78, 5) is 7.03. The molecule has 1 unspecified atom stereocenters. The molecule has 1 atom stereocenters. The molecule has 1 aromatic rings. The molecule has 1 saturated heterocycles. The minimum Gasteiger partial charge on any atom is -0.497 e. The Bertz CT molecular complexity index is 516. The van der Waals surface area contributed by atoms with Gasteiger partial charge in [0.25, 0.3) is 0 Å². The van der Waals surface area contributed by atoms with Gasteiger partial charge in [-0.05, 0) is 50.3 Å². The van der Waals surface area contributed by atoms with Crippen molar-refractivity contribution in [1.29, 1.82) is 0 Å². The van der Waals surface area contributed by atoms with Crippen molar-refractivity contribution in [2.45, 2.75) is 32.6 Å². The maximum absolute atomic E-state index is 5.47. The molecule has 0 aromatic heterocycles. The van der Waals surface area contributed by atoms with Crippen molar-refractivity contribution in [3.63, 3.8) is 0 Å².